The summed E-state index contributed by atoms with van der Waals surface area (Å²) in [4.78, 5) is 16.4. The standard InChI is InChI=1S/C17H25FN2O/c1-4-6-17(21)14-12-15(18)16(11-13(14)3)20-9-7-19(5-2)8-10-20/h11-12H,4-10H2,1-3H3. The van der Waals surface area contributed by atoms with Crippen LogP contribution in [0.3, 0.4) is 0 Å². The number of benzene rings is 1. The third kappa shape index (κ3) is 3.62. The van der Waals surface area contributed by atoms with Crippen LogP contribution in [0.15, 0.2) is 12.1 Å². The first kappa shape index (κ1) is 16.0. The molecule has 0 radical (unpaired) electrons. The quantitative estimate of drug-likeness (QED) is 0.778. The Kier molecular flexibility index (Phi) is 5.34. The Morgan fingerprint density at radius 1 is 1.19 bits per heavy atom. The van der Waals surface area contributed by atoms with Crippen molar-refractivity contribution < 1.29 is 9.18 Å². The number of hydrogen-bond acceptors (Lipinski definition) is 3. The van der Waals surface area contributed by atoms with Crippen molar-refractivity contribution in [2.45, 2.75) is 33.6 Å². The number of ketones is 1. The zero-order chi connectivity index (χ0) is 15.4. The van der Waals surface area contributed by atoms with Crippen LogP contribution >= 0.6 is 0 Å². The Bertz CT molecular complexity index is 508. The second-order valence-electron chi connectivity index (χ2n) is 5.71. The number of piperazine rings is 1. The highest BCUT2D eigenvalue weighted by Crippen LogP contribution is 2.25. The fourth-order valence-electron chi connectivity index (χ4n) is 2.88. The van der Waals surface area contributed by atoms with Crippen molar-refractivity contribution in [3.63, 3.8) is 0 Å². The highest BCUT2D eigenvalue weighted by molar-refractivity contribution is 5.97. The molecule has 3 nitrogen and oxygen atoms in total. The minimum absolute atomic E-state index is 0.0382. The molecule has 0 bridgehead atoms. The molecule has 0 amide bonds. The summed E-state index contributed by atoms with van der Waals surface area (Å²) in [7, 11) is 0. The number of hydrogen-bond donors (Lipinski definition) is 0. The van der Waals surface area contributed by atoms with E-state index in [-0.39, 0.29) is 11.6 Å². The third-order valence-corrected chi connectivity index (χ3v) is 4.23. The molecule has 1 heterocycles. The van der Waals surface area contributed by atoms with Crippen LogP contribution in [-0.4, -0.2) is 43.4 Å². The fourth-order valence-corrected chi connectivity index (χ4v) is 2.88. The number of rotatable bonds is 5. The van der Waals surface area contributed by atoms with Gasteiger partial charge in [-0.05, 0) is 37.6 Å². The van der Waals surface area contributed by atoms with Gasteiger partial charge in [0.25, 0.3) is 0 Å². The average molecular weight is 292 g/mol. The van der Waals surface area contributed by atoms with Gasteiger partial charge >= 0.3 is 0 Å². The Morgan fingerprint density at radius 3 is 2.43 bits per heavy atom. The molecule has 0 aliphatic carbocycles. The van der Waals surface area contributed by atoms with Crippen LogP contribution in [0.2, 0.25) is 0 Å². The van der Waals surface area contributed by atoms with E-state index in [0.717, 1.165) is 44.7 Å². The molecule has 1 aliphatic heterocycles. The summed E-state index contributed by atoms with van der Waals surface area (Å²) in [6.07, 6.45) is 1.27. The van der Waals surface area contributed by atoms with E-state index < -0.39 is 0 Å². The predicted octanol–water partition coefficient (Wildman–Crippen LogP) is 3.26. The summed E-state index contributed by atoms with van der Waals surface area (Å²) in [6.45, 7) is 10.7. The molecule has 1 aromatic rings. The number of Topliss-reactive ketones (excluding diaryl/α,β-unsaturated/α-hetero) is 1. The summed E-state index contributed by atoms with van der Waals surface area (Å²) in [5.41, 5.74) is 2.05. The largest absolute Gasteiger partial charge is 0.367 e. The van der Waals surface area contributed by atoms with E-state index in [9.17, 15) is 9.18 Å². The number of nitrogens with zero attached hydrogens (tertiary/aromatic N) is 2. The first-order valence-corrected chi connectivity index (χ1v) is 7.87. The van der Waals surface area contributed by atoms with E-state index in [1.807, 2.05) is 19.9 Å². The van der Waals surface area contributed by atoms with Crippen LogP contribution in [-0.2, 0) is 0 Å². The molecule has 0 N–H and O–H groups in total. The second kappa shape index (κ2) is 7.03. The van der Waals surface area contributed by atoms with E-state index in [4.69, 9.17) is 0 Å². The molecule has 1 fully saturated rings. The fraction of sp³-hybridized carbons (Fsp3) is 0.588. The van der Waals surface area contributed by atoms with Gasteiger partial charge in [0.2, 0.25) is 0 Å². The van der Waals surface area contributed by atoms with Crippen molar-refractivity contribution in [3.8, 4) is 0 Å². The highest BCUT2D eigenvalue weighted by atomic mass is 19.1. The summed E-state index contributed by atoms with van der Waals surface area (Å²) >= 11 is 0. The topological polar surface area (TPSA) is 23.6 Å². The number of likely N-dealkylation sites (N-methyl/N-ethyl adjacent to an activating group) is 1. The lowest BCUT2D eigenvalue weighted by atomic mass is 10.00. The van der Waals surface area contributed by atoms with Gasteiger partial charge in [0.05, 0.1) is 5.69 Å². The van der Waals surface area contributed by atoms with Crippen molar-refractivity contribution in [1.29, 1.82) is 0 Å². The molecule has 0 unspecified atom stereocenters. The summed E-state index contributed by atoms with van der Waals surface area (Å²) in [5.74, 6) is -0.235. The van der Waals surface area contributed by atoms with Crippen molar-refractivity contribution in [3.05, 3.63) is 29.1 Å². The van der Waals surface area contributed by atoms with Crippen LogP contribution in [0.25, 0.3) is 0 Å². The van der Waals surface area contributed by atoms with E-state index in [1.165, 1.54) is 6.07 Å². The maximum absolute atomic E-state index is 14.4. The van der Waals surface area contributed by atoms with Gasteiger partial charge < -0.3 is 9.80 Å². The van der Waals surface area contributed by atoms with E-state index in [1.54, 1.807) is 0 Å². The Labute approximate surface area is 126 Å². The average Bonchev–Trinajstić information content (AvgIpc) is 2.49. The normalized spacial score (nSPS) is 16.3. The van der Waals surface area contributed by atoms with Crippen molar-refractivity contribution in [2.24, 2.45) is 0 Å². The van der Waals surface area contributed by atoms with E-state index in [0.29, 0.717) is 17.7 Å². The molecule has 116 valence electrons. The summed E-state index contributed by atoms with van der Waals surface area (Å²) in [6, 6.07) is 3.26. The minimum Gasteiger partial charge on any atom is -0.367 e. The van der Waals surface area contributed by atoms with Crippen LogP contribution in [0, 0.1) is 12.7 Å². The lowest BCUT2D eigenvalue weighted by Crippen LogP contribution is -2.46. The van der Waals surface area contributed by atoms with Gasteiger partial charge in [0, 0.05) is 38.2 Å². The molecule has 0 atom stereocenters. The molecule has 0 saturated carbocycles. The molecule has 0 spiro atoms. The number of aryl methyl sites for hydroxylation is 1. The monoisotopic (exact) mass is 292 g/mol. The van der Waals surface area contributed by atoms with Crippen molar-refractivity contribution >= 4 is 11.5 Å². The molecular formula is C17H25FN2O. The molecular weight excluding hydrogens is 267 g/mol. The van der Waals surface area contributed by atoms with Crippen LogP contribution in [0.5, 0.6) is 0 Å². The molecule has 2 rings (SSSR count). The first-order valence-electron chi connectivity index (χ1n) is 7.87. The predicted molar refractivity (Wildman–Crippen MR) is 84.7 cm³/mol. The highest BCUT2D eigenvalue weighted by Gasteiger charge is 2.20. The maximum atomic E-state index is 14.4. The number of carbonyl (C=O) groups is 1. The lowest BCUT2D eigenvalue weighted by Gasteiger charge is -2.35. The van der Waals surface area contributed by atoms with Crippen LogP contribution < -0.4 is 4.90 Å². The Balaban J connectivity index is 2.19. The van der Waals surface area contributed by atoms with Gasteiger partial charge in [0.15, 0.2) is 5.78 Å². The molecule has 1 aromatic carbocycles. The van der Waals surface area contributed by atoms with Gasteiger partial charge in [-0.25, -0.2) is 4.39 Å². The lowest BCUT2D eigenvalue weighted by molar-refractivity contribution is 0.0980. The van der Waals surface area contributed by atoms with Gasteiger partial charge in [-0.2, -0.15) is 0 Å². The Hall–Kier alpha value is -1.42. The molecule has 0 aromatic heterocycles. The zero-order valence-corrected chi connectivity index (χ0v) is 13.3. The van der Waals surface area contributed by atoms with Crippen LogP contribution in [0.1, 0.15) is 42.6 Å². The number of carbonyl (C=O) groups excluding carboxylic acids is 1. The van der Waals surface area contributed by atoms with Crippen molar-refractivity contribution in [2.75, 3.05) is 37.6 Å². The molecule has 1 saturated heterocycles. The molecule has 4 heteroatoms. The van der Waals surface area contributed by atoms with E-state index in [2.05, 4.69) is 16.7 Å². The van der Waals surface area contributed by atoms with Gasteiger partial charge in [0.1, 0.15) is 5.82 Å². The second-order valence-corrected chi connectivity index (χ2v) is 5.71. The number of anilines is 1. The smallest absolute Gasteiger partial charge is 0.163 e. The van der Waals surface area contributed by atoms with Gasteiger partial charge in [-0.1, -0.05) is 13.8 Å². The Morgan fingerprint density at radius 2 is 1.86 bits per heavy atom. The van der Waals surface area contributed by atoms with Crippen molar-refractivity contribution in [1.82, 2.24) is 4.90 Å². The minimum atomic E-state index is -0.273. The summed E-state index contributed by atoms with van der Waals surface area (Å²) < 4.78 is 14.4. The zero-order valence-electron chi connectivity index (χ0n) is 13.3. The first-order chi connectivity index (χ1) is 10.1. The SMILES string of the molecule is CCCC(=O)c1cc(F)c(N2CCN(CC)CC2)cc1C. The van der Waals surface area contributed by atoms with Gasteiger partial charge in [-0.3, -0.25) is 4.79 Å². The molecule has 1 aliphatic rings. The van der Waals surface area contributed by atoms with Gasteiger partial charge in [-0.15, -0.1) is 0 Å². The summed E-state index contributed by atoms with van der Waals surface area (Å²) in [5, 5.41) is 0. The molecule has 21 heavy (non-hydrogen) atoms. The van der Waals surface area contributed by atoms with E-state index >= 15 is 0 Å². The number of halogens is 1. The third-order valence-electron chi connectivity index (χ3n) is 4.23. The van der Waals surface area contributed by atoms with Crippen LogP contribution in [0.4, 0.5) is 10.1 Å². The maximum Gasteiger partial charge on any atom is 0.163 e.